The Morgan fingerprint density at radius 3 is 2.59 bits per heavy atom. The number of benzene rings is 1. The average molecular weight is 399 g/mol. The van der Waals surface area contributed by atoms with E-state index in [4.69, 9.17) is 25.8 Å². The molecule has 27 heavy (non-hydrogen) atoms. The molecule has 0 spiro atoms. The Hall–Kier alpha value is -2.74. The number of amides is 3. The van der Waals surface area contributed by atoms with E-state index in [1.165, 1.54) is 13.2 Å². The minimum Gasteiger partial charge on any atom is -0.493 e. The molecule has 0 heterocycles. The van der Waals surface area contributed by atoms with E-state index < -0.39 is 24.5 Å². The predicted molar refractivity (Wildman–Crippen MR) is 101 cm³/mol. The largest absolute Gasteiger partial charge is 0.493 e. The number of carbonyl (C=O) groups is 3. The Labute approximate surface area is 162 Å². The third kappa shape index (κ3) is 8.00. The maximum Gasteiger partial charge on any atom is 0.331 e. The Morgan fingerprint density at radius 1 is 1.22 bits per heavy atom. The summed E-state index contributed by atoms with van der Waals surface area (Å²) in [6.07, 6.45) is 3.33. The number of carbonyl (C=O) groups excluding carboxylic acids is 3. The highest BCUT2D eigenvalue weighted by molar-refractivity contribution is 6.32. The fourth-order valence-electron chi connectivity index (χ4n) is 1.91. The molecule has 1 aromatic rings. The van der Waals surface area contributed by atoms with Crippen molar-refractivity contribution in [2.45, 2.75) is 20.3 Å². The van der Waals surface area contributed by atoms with Gasteiger partial charge in [0.15, 0.2) is 18.1 Å². The van der Waals surface area contributed by atoms with E-state index in [1.807, 2.05) is 19.2 Å². The van der Waals surface area contributed by atoms with Crippen molar-refractivity contribution in [2.75, 3.05) is 26.9 Å². The number of imide groups is 1. The average Bonchev–Trinajstić information content (AvgIpc) is 2.64. The van der Waals surface area contributed by atoms with E-state index >= 15 is 0 Å². The second-order valence-electron chi connectivity index (χ2n) is 5.21. The molecule has 1 rings (SSSR count). The predicted octanol–water partition coefficient (Wildman–Crippen LogP) is 2.54. The van der Waals surface area contributed by atoms with Gasteiger partial charge in [0.05, 0.1) is 18.7 Å². The third-order valence-electron chi connectivity index (χ3n) is 3.09. The zero-order valence-corrected chi connectivity index (χ0v) is 16.2. The van der Waals surface area contributed by atoms with E-state index in [0.717, 1.165) is 12.5 Å². The number of rotatable bonds is 9. The second kappa shape index (κ2) is 11.8. The van der Waals surface area contributed by atoms with Crippen LogP contribution in [-0.2, 0) is 14.3 Å². The first-order chi connectivity index (χ1) is 12.9. The summed E-state index contributed by atoms with van der Waals surface area (Å²) in [5, 5.41) is 4.85. The fourth-order valence-corrected chi connectivity index (χ4v) is 2.19. The minimum absolute atomic E-state index is 0.335. The smallest absolute Gasteiger partial charge is 0.331 e. The van der Waals surface area contributed by atoms with E-state index in [-0.39, 0.29) is 0 Å². The van der Waals surface area contributed by atoms with Crippen molar-refractivity contribution in [2.24, 2.45) is 0 Å². The first-order valence-corrected chi connectivity index (χ1v) is 8.71. The highest BCUT2D eigenvalue weighted by Crippen LogP contribution is 2.36. The van der Waals surface area contributed by atoms with Crippen molar-refractivity contribution in [3.8, 4) is 11.5 Å². The molecule has 1 aromatic carbocycles. The van der Waals surface area contributed by atoms with Crippen molar-refractivity contribution in [3.05, 3.63) is 28.8 Å². The van der Waals surface area contributed by atoms with Gasteiger partial charge in [0.2, 0.25) is 0 Å². The van der Waals surface area contributed by atoms with Gasteiger partial charge in [-0.25, -0.2) is 9.59 Å². The number of nitrogens with one attached hydrogen (secondary N) is 2. The van der Waals surface area contributed by atoms with Gasteiger partial charge < -0.3 is 19.5 Å². The summed E-state index contributed by atoms with van der Waals surface area (Å²) in [7, 11) is 1.48. The first-order valence-electron chi connectivity index (χ1n) is 8.34. The topological polar surface area (TPSA) is 103 Å². The lowest BCUT2D eigenvalue weighted by Crippen LogP contribution is -2.41. The van der Waals surface area contributed by atoms with Crippen LogP contribution in [0, 0.1) is 0 Å². The van der Waals surface area contributed by atoms with Gasteiger partial charge in [-0.3, -0.25) is 10.1 Å². The van der Waals surface area contributed by atoms with E-state index in [1.54, 1.807) is 12.1 Å². The minimum atomic E-state index is -0.747. The Kier molecular flexibility index (Phi) is 9.74. The molecule has 9 heteroatoms. The van der Waals surface area contributed by atoms with Gasteiger partial charge in [-0.15, -0.1) is 0 Å². The lowest BCUT2D eigenvalue weighted by Gasteiger charge is -2.11. The molecule has 0 aromatic heterocycles. The van der Waals surface area contributed by atoms with Gasteiger partial charge in [-0.1, -0.05) is 18.5 Å². The SMILES string of the molecule is CCCNC(=O)NC(=O)COC(=O)/C=C/c1cc(Cl)c(OCC)c(OC)c1. The molecule has 0 aliphatic rings. The Bertz CT molecular complexity index is 705. The molecule has 0 saturated carbocycles. The Morgan fingerprint density at radius 2 is 1.96 bits per heavy atom. The summed E-state index contributed by atoms with van der Waals surface area (Å²) >= 11 is 6.15. The third-order valence-corrected chi connectivity index (χ3v) is 3.37. The van der Waals surface area contributed by atoms with Crippen LogP contribution in [0.4, 0.5) is 4.79 Å². The number of hydrogen-bond donors (Lipinski definition) is 2. The van der Waals surface area contributed by atoms with Gasteiger partial charge in [-0.05, 0) is 37.1 Å². The van der Waals surface area contributed by atoms with Crippen LogP contribution in [0.3, 0.4) is 0 Å². The van der Waals surface area contributed by atoms with Gasteiger partial charge in [0.1, 0.15) is 0 Å². The monoisotopic (exact) mass is 398 g/mol. The lowest BCUT2D eigenvalue weighted by molar-refractivity contribution is -0.143. The molecule has 0 saturated heterocycles. The van der Waals surface area contributed by atoms with Crippen LogP contribution < -0.4 is 20.1 Å². The van der Waals surface area contributed by atoms with Crippen LogP contribution >= 0.6 is 11.6 Å². The maximum absolute atomic E-state index is 11.7. The molecular weight excluding hydrogens is 376 g/mol. The van der Waals surface area contributed by atoms with Crippen LogP contribution in [0.2, 0.25) is 5.02 Å². The molecule has 0 aliphatic heterocycles. The molecule has 0 fully saturated rings. The molecule has 0 aliphatic carbocycles. The van der Waals surface area contributed by atoms with Crippen LogP contribution in [0.25, 0.3) is 6.08 Å². The fraction of sp³-hybridized carbons (Fsp3) is 0.389. The van der Waals surface area contributed by atoms with Crippen molar-refractivity contribution < 1.29 is 28.6 Å². The molecular formula is C18H23ClN2O6. The van der Waals surface area contributed by atoms with Gasteiger partial charge in [0.25, 0.3) is 5.91 Å². The zero-order chi connectivity index (χ0) is 20.2. The van der Waals surface area contributed by atoms with Crippen molar-refractivity contribution in [1.82, 2.24) is 10.6 Å². The molecule has 3 amide bonds. The number of ether oxygens (including phenoxy) is 3. The number of urea groups is 1. The lowest BCUT2D eigenvalue weighted by atomic mass is 10.2. The normalized spacial score (nSPS) is 10.4. The Balaban J connectivity index is 2.59. The quantitative estimate of drug-likeness (QED) is 0.489. The van der Waals surface area contributed by atoms with E-state index in [2.05, 4.69) is 5.32 Å². The van der Waals surface area contributed by atoms with Crippen molar-refractivity contribution in [1.29, 1.82) is 0 Å². The summed E-state index contributed by atoms with van der Waals surface area (Å²) in [5.74, 6) is -0.631. The number of methoxy groups -OCH3 is 1. The number of esters is 1. The summed E-state index contributed by atoms with van der Waals surface area (Å²) in [4.78, 5) is 34.5. The van der Waals surface area contributed by atoms with Crippen LogP contribution in [0.1, 0.15) is 25.8 Å². The molecule has 148 valence electrons. The maximum atomic E-state index is 11.7. The van der Waals surface area contributed by atoms with Gasteiger partial charge in [-0.2, -0.15) is 0 Å². The van der Waals surface area contributed by atoms with Crippen molar-refractivity contribution >= 4 is 35.6 Å². The van der Waals surface area contributed by atoms with E-state index in [9.17, 15) is 14.4 Å². The van der Waals surface area contributed by atoms with Crippen LogP contribution in [0.15, 0.2) is 18.2 Å². The second-order valence-corrected chi connectivity index (χ2v) is 5.62. The molecule has 8 nitrogen and oxygen atoms in total. The summed E-state index contributed by atoms with van der Waals surface area (Å²) in [6, 6.07) is 2.61. The highest BCUT2D eigenvalue weighted by atomic mass is 35.5. The molecule has 2 N–H and O–H groups in total. The van der Waals surface area contributed by atoms with E-state index in [0.29, 0.717) is 35.2 Å². The summed E-state index contributed by atoms with van der Waals surface area (Å²) in [6.45, 7) is 3.99. The summed E-state index contributed by atoms with van der Waals surface area (Å²) in [5.41, 5.74) is 0.584. The van der Waals surface area contributed by atoms with Crippen LogP contribution in [0.5, 0.6) is 11.5 Å². The molecule has 0 unspecified atom stereocenters. The van der Waals surface area contributed by atoms with Crippen molar-refractivity contribution in [3.63, 3.8) is 0 Å². The number of hydrogen-bond acceptors (Lipinski definition) is 6. The summed E-state index contributed by atoms with van der Waals surface area (Å²) < 4.78 is 15.4. The molecule has 0 radical (unpaired) electrons. The van der Waals surface area contributed by atoms with Gasteiger partial charge in [0, 0.05) is 12.6 Å². The highest BCUT2D eigenvalue weighted by Gasteiger charge is 2.12. The molecule has 0 bridgehead atoms. The standard InChI is InChI=1S/C18H23ClN2O6/c1-4-8-20-18(24)21-15(22)11-27-16(23)7-6-12-9-13(19)17(26-5-2)14(10-12)25-3/h6-7,9-10H,4-5,8,11H2,1-3H3,(H2,20,21,22,24)/b7-6+. The zero-order valence-electron chi connectivity index (χ0n) is 15.5. The molecule has 0 atom stereocenters. The van der Waals surface area contributed by atoms with Crippen LogP contribution in [-0.4, -0.2) is 44.8 Å². The first kappa shape index (κ1) is 22.3. The van der Waals surface area contributed by atoms with Gasteiger partial charge >= 0.3 is 12.0 Å². The number of halogens is 1.